The van der Waals surface area contributed by atoms with Crippen molar-refractivity contribution in [1.82, 2.24) is 30.2 Å². The van der Waals surface area contributed by atoms with Gasteiger partial charge in [0.1, 0.15) is 0 Å². The summed E-state index contributed by atoms with van der Waals surface area (Å²) in [5, 5.41) is 3.89. The van der Waals surface area contributed by atoms with E-state index in [4.69, 9.17) is 4.98 Å². The van der Waals surface area contributed by atoms with E-state index in [1.807, 2.05) is 12.1 Å². The molecule has 0 aliphatic carbocycles. The Morgan fingerprint density at radius 3 is 2.79 bits per heavy atom. The molecule has 5 rings (SSSR count). The Kier molecular flexibility index (Phi) is 4.55. The maximum atomic E-state index is 11.9. The van der Waals surface area contributed by atoms with Crippen molar-refractivity contribution in [3.63, 3.8) is 0 Å². The molecule has 1 saturated heterocycles. The van der Waals surface area contributed by atoms with Crippen molar-refractivity contribution in [2.75, 3.05) is 37.6 Å². The summed E-state index contributed by atoms with van der Waals surface area (Å²) in [4.78, 5) is 34.8. The molecule has 1 amide bonds. The third kappa shape index (κ3) is 3.40. The van der Waals surface area contributed by atoms with Crippen molar-refractivity contribution in [2.24, 2.45) is 0 Å². The van der Waals surface area contributed by atoms with Gasteiger partial charge in [-0.05, 0) is 31.2 Å². The summed E-state index contributed by atoms with van der Waals surface area (Å²) in [7, 11) is 0. The number of hydrogen-bond acceptors (Lipinski definition) is 7. The summed E-state index contributed by atoms with van der Waals surface area (Å²) in [5.74, 6) is 0.646. The van der Waals surface area contributed by atoms with Gasteiger partial charge in [0, 0.05) is 63.0 Å². The minimum atomic E-state index is -0.0752. The molecule has 8 nitrogen and oxygen atoms in total. The Morgan fingerprint density at radius 1 is 1.07 bits per heavy atom. The molecule has 1 atom stereocenters. The van der Waals surface area contributed by atoms with E-state index in [0.29, 0.717) is 12.1 Å². The van der Waals surface area contributed by atoms with Crippen molar-refractivity contribution >= 4 is 22.9 Å². The Hall–Kier alpha value is -3.13. The van der Waals surface area contributed by atoms with Gasteiger partial charge in [0.25, 0.3) is 5.91 Å². The highest BCUT2D eigenvalue weighted by Gasteiger charge is 2.26. The van der Waals surface area contributed by atoms with Crippen LogP contribution in [0.1, 0.15) is 34.7 Å². The number of nitrogens with zero attached hydrogens (tertiary/aromatic N) is 6. The minimum Gasteiger partial charge on any atom is -0.352 e. The van der Waals surface area contributed by atoms with Crippen LogP contribution in [0, 0.1) is 0 Å². The first-order valence-corrected chi connectivity index (χ1v) is 10.0. The van der Waals surface area contributed by atoms with Crippen LogP contribution in [-0.4, -0.2) is 63.5 Å². The highest BCUT2D eigenvalue weighted by Crippen LogP contribution is 2.23. The summed E-state index contributed by atoms with van der Waals surface area (Å²) >= 11 is 0. The van der Waals surface area contributed by atoms with Crippen molar-refractivity contribution < 1.29 is 4.79 Å². The molecule has 29 heavy (non-hydrogen) atoms. The number of fused-ring (bicyclic) bond motifs is 2. The first kappa shape index (κ1) is 17.9. The molecule has 0 bridgehead atoms. The van der Waals surface area contributed by atoms with E-state index in [2.05, 4.69) is 49.1 Å². The number of anilines is 1. The van der Waals surface area contributed by atoms with Crippen LogP contribution in [-0.2, 0) is 6.42 Å². The molecular weight excluding hydrogens is 366 g/mol. The fraction of sp³-hybridized carbons (Fsp3) is 0.381. The van der Waals surface area contributed by atoms with Gasteiger partial charge in [-0.15, -0.1) is 0 Å². The van der Waals surface area contributed by atoms with Gasteiger partial charge in [0.2, 0.25) is 5.95 Å². The normalized spacial score (nSPS) is 18.4. The lowest BCUT2D eigenvalue weighted by molar-refractivity contribution is 0.0944. The van der Waals surface area contributed by atoms with Crippen LogP contribution in [0.15, 0.2) is 36.7 Å². The lowest BCUT2D eigenvalue weighted by Crippen LogP contribution is -2.48. The van der Waals surface area contributed by atoms with Gasteiger partial charge in [-0.2, -0.15) is 0 Å². The quantitative estimate of drug-likeness (QED) is 0.728. The second-order valence-electron chi connectivity index (χ2n) is 7.52. The molecule has 1 fully saturated rings. The minimum absolute atomic E-state index is 0.0752. The average Bonchev–Trinajstić information content (AvgIpc) is 2.78. The number of aromatic nitrogens is 4. The van der Waals surface area contributed by atoms with Crippen LogP contribution in [0.3, 0.4) is 0 Å². The number of rotatable bonds is 3. The number of carbonyl (C=O) groups is 1. The topological polar surface area (TPSA) is 87.1 Å². The van der Waals surface area contributed by atoms with Gasteiger partial charge < -0.3 is 10.2 Å². The van der Waals surface area contributed by atoms with Crippen molar-refractivity contribution in [3.05, 3.63) is 53.6 Å². The monoisotopic (exact) mass is 389 g/mol. The zero-order valence-electron chi connectivity index (χ0n) is 16.4. The molecule has 148 valence electrons. The third-order valence-corrected chi connectivity index (χ3v) is 5.81. The molecule has 1 unspecified atom stereocenters. The van der Waals surface area contributed by atoms with Crippen LogP contribution >= 0.6 is 0 Å². The summed E-state index contributed by atoms with van der Waals surface area (Å²) < 4.78 is 0. The first-order chi connectivity index (χ1) is 14.2. The maximum absolute atomic E-state index is 11.9. The van der Waals surface area contributed by atoms with Crippen molar-refractivity contribution in [2.45, 2.75) is 19.4 Å². The van der Waals surface area contributed by atoms with Crippen molar-refractivity contribution in [3.8, 4) is 0 Å². The SMILES string of the molecule is CC(c1ccc2cccnc2n1)N1CCN(c2ncc3c(n2)CCNC3=O)CC1. The summed E-state index contributed by atoms with van der Waals surface area (Å²) in [5.41, 5.74) is 3.29. The maximum Gasteiger partial charge on any atom is 0.254 e. The lowest BCUT2D eigenvalue weighted by atomic mass is 10.1. The summed E-state index contributed by atoms with van der Waals surface area (Å²) in [6.45, 7) is 6.35. The number of amides is 1. The summed E-state index contributed by atoms with van der Waals surface area (Å²) in [6, 6.07) is 8.37. The van der Waals surface area contributed by atoms with Gasteiger partial charge in [-0.1, -0.05) is 0 Å². The third-order valence-electron chi connectivity index (χ3n) is 5.81. The van der Waals surface area contributed by atoms with E-state index in [0.717, 1.165) is 61.0 Å². The highest BCUT2D eigenvalue weighted by atomic mass is 16.1. The molecule has 3 aromatic heterocycles. The standard InChI is InChI=1S/C21H23N7O/c1-14(17-5-4-15-3-2-7-22-19(15)25-17)27-9-11-28(12-10-27)21-24-13-16-18(26-21)6-8-23-20(16)29/h2-5,7,13-14H,6,8-12H2,1H3,(H,23,29). The van der Waals surface area contributed by atoms with E-state index in [-0.39, 0.29) is 11.9 Å². The lowest BCUT2D eigenvalue weighted by Gasteiger charge is -2.38. The number of carbonyl (C=O) groups excluding carboxylic acids is 1. The number of hydrogen-bond donors (Lipinski definition) is 1. The predicted molar refractivity (Wildman–Crippen MR) is 110 cm³/mol. The number of piperazine rings is 1. The van der Waals surface area contributed by atoms with Crippen LogP contribution < -0.4 is 10.2 Å². The number of pyridine rings is 2. The Labute approximate surface area is 169 Å². The fourth-order valence-corrected chi connectivity index (χ4v) is 4.03. The number of nitrogens with one attached hydrogen (secondary N) is 1. The van der Waals surface area contributed by atoms with E-state index >= 15 is 0 Å². The zero-order valence-corrected chi connectivity index (χ0v) is 16.4. The molecule has 8 heteroatoms. The molecular formula is C21H23N7O. The zero-order chi connectivity index (χ0) is 19.8. The largest absolute Gasteiger partial charge is 0.352 e. The first-order valence-electron chi connectivity index (χ1n) is 10.0. The van der Waals surface area contributed by atoms with E-state index in [9.17, 15) is 4.79 Å². The Bertz CT molecular complexity index is 1060. The highest BCUT2D eigenvalue weighted by molar-refractivity contribution is 5.96. The predicted octanol–water partition coefficient (Wildman–Crippen LogP) is 1.59. The molecule has 2 aliphatic rings. The fourth-order valence-electron chi connectivity index (χ4n) is 4.03. The van der Waals surface area contributed by atoms with Gasteiger partial charge >= 0.3 is 0 Å². The van der Waals surface area contributed by atoms with E-state index < -0.39 is 0 Å². The van der Waals surface area contributed by atoms with Gasteiger partial charge in [-0.25, -0.2) is 19.9 Å². The smallest absolute Gasteiger partial charge is 0.254 e. The van der Waals surface area contributed by atoms with Gasteiger partial charge in [0.05, 0.1) is 17.0 Å². The second kappa shape index (κ2) is 7.36. The molecule has 0 aromatic carbocycles. The Morgan fingerprint density at radius 2 is 1.93 bits per heavy atom. The molecule has 3 aromatic rings. The molecule has 0 spiro atoms. The van der Waals surface area contributed by atoms with Crippen LogP contribution in [0.5, 0.6) is 0 Å². The van der Waals surface area contributed by atoms with E-state index in [1.54, 1.807) is 12.4 Å². The van der Waals surface area contributed by atoms with Gasteiger partial charge in [-0.3, -0.25) is 9.69 Å². The van der Waals surface area contributed by atoms with Crippen molar-refractivity contribution in [1.29, 1.82) is 0 Å². The molecule has 0 radical (unpaired) electrons. The van der Waals surface area contributed by atoms with Gasteiger partial charge in [0.15, 0.2) is 5.65 Å². The molecule has 0 saturated carbocycles. The van der Waals surface area contributed by atoms with Crippen LogP contribution in [0.25, 0.3) is 11.0 Å². The molecule has 5 heterocycles. The van der Waals surface area contributed by atoms with E-state index in [1.165, 1.54) is 0 Å². The summed E-state index contributed by atoms with van der Waals surface area (Å²) in [6.07, 6.45) is 4.20. The second-order valence-corrected chi connectivity index (χ2v) is 7.52. The molecule has 1 N–H and O–H groups in total. The van der Waals surface area contributed by atoms with Crippen LogP contribution in [0.4, 0.5) is 5.95 Å². The van der Waals surface area contributed by atoms with Crippen LogP contribution in [0.2, 0.25) is 0 Å². The average molecular weight is 389 g/mol. The Balaban J connectivity index is 1.28. The molecule has 2 aliphatic heterocycles.